The number of imide groups is 1. The van der Waals surface area contributed by atoms with Crippen LogP contribution in [0, 0.1) is 23.2 Å². The van der Waals surface area contributed by atoms with E-state index in [0.717, 1.165) is 0 Å². The van der Waals surface area contributed by atoms with Crippen LogP contribution in [-0.4, -0.2) is 42.7 Å². The number of ether oxygens (including phenoxy) is 3. The quantitative estimate of drug-likeness (QED) is 0.358. The Labute approximate surface area is 219 Å². The minimum atomic E-state index is -0.816. The predicted octanol–water partition coefficient (Wildman–Crippen LogP) is 4.39. The first-order valence-electron chi connectivity index (χ1n) is 12.6. The summed E-state index contributed by atoms with van der Waals surface area (Å²) in [5.74, 6) is -1.67. The summed E-state index contributed by atoms with van der Waals surface area (Å²) in [5.41, 5.74) is -0.180. The maximum atomic E-state index is 14.0. The molecule has 3 aliphatic rings. The lowest BCUT2D eigenvalue weighted by atomic mass is 9.67. The third-order valence-electron chi connectivity index (χ3n) is 8.32. The minimum Gasteiger partial charge on any atom is -0.493 e. The number of amides is 2. The molecule has 3 heterocycles. The zero-order chi connectivity index (χ0) is 26.7. The van der Waals surface area contributed by atoms with Crippen molar-refractivity contribution in [2.45, 2.75) is 37.4 Å². The summed E-state index contributed by atoms with van der Waals surface area (Å²) in [6.07, 6.45) is 1.75. The number of nitrogens with zero attached hydrogens (tertiary/aromatic N) is 2. The van der Waals surface area contributed by atoms with Crippen molar-refractivity contribution in [2.24, 2.45) is 11.8 Å². The Morgan fingerprint density at radius 3 is 2.58 bits per heavy atom. The van der Waals surface area contributed by atoms with E-state index in [0.29, 0.717) is 52.6 Å². The summed E-state index contributed by atoms with van der Waals surface area (Å²) in [4.78, 5) is 41.0. The van der Waals surface area contributed by atoms with Crippen molar-refractivity contribution in [1.29, 1.82) is 5.26 Å². The van der Waals surface area contributed by atoms with Crippen molar-refractivity contribution < 1.29 is 28.6 Å². The highest BCUT2D eigenvalue weighted by Crippen LogP contribution is 2.62. The van der Waals surface area contributed by atoms with E-state index in [1.54, 1.807) is 36.4 Å². The molecule has 192 valence electrons. The average molecular weight is 511 g/mol. The highest BCUT2D eigenvalue weighted by Gasteiger charge is 2.73. The molecule has 6 rings (SSSR count). The van der Waals surface area contributed by atoms with Gasteiger partial charge in [-0.25, -0.2) is 9.69 Å². The Bertz CT molecular complexity index is 1540. The van der Waals surface area contributed by atoms with Crippen LogP contribution in [0.3, 0.4) is 0 Å². The summed E-state index contributed by atoms with van der Waals surface area (Å²) >= 11 is 0. The van der Waals surface area contributed by atoms with E-state index in [1.807, 2.05) is 31.2 Å². The highest BCUT2D eigenvalue weighted by atomic mass is 16.5. The maximum Gasteiger partial charge on any atom is 0.337 e. The van der Waals surface area contributed by atoms with E-state index >= 15 is 0 Å². The molecule has 0 N–H and O–H groups in total. The molecule has 3 fully saturated rings. The smallest absolute Gasteiger partial charge is 0.337 e. The topological polar surface area (TPSA) is 106 Å². The first-order valence-corrected chi connectivity index (χ1v) is 12.6. The second-order valence-electron chi connectivity index (χ2n) is 10.4. The highest BCUT2D eigenvalue weighted by molar-refractivity contribution is 6.26. The van der Waals surface area contributed by atoms with Crippen LogP contribution in [0.25, 0.3) is 10.8 Å². The molecule has 0 spiro atoms. The fourth-order valence-corrected chi connectivity index (χ4v) is 6.60. The Kier molecular flexibility index (Phi) is 5.51. The van der Waals surface area contributed by atoms with Gasteiger partial charge in [0.15, 0.2) is 0 Å². The number of esters is 1. The molecule has 0 unspecified atom stereocenters. The van der Waals surface area contributed by atoms with E-state index in [4.69, 9.17) is 14.2 Å². The normalized spacial score (nSPS) is 27.4. The third-order valence-corrected chi connectivity index (χ3v) is 8.32. The van der Waals surface area contributed by atoms with E-state index in [2.05, 4.69) is 6.07 Å². The molecular weight excluding hydrogens is 484 g/mol. The van der Waals surface area contributed by atoms with Gasteiger partial charge in [-0.1, -0.05) is 30.3 Å². The van der Waals surface area contributed by atoms with Crippen LogP contribution in [0.15, 0.2) is 60.7 Å². The Hall–Kier alpha value is -4.22. The second kappa shape index (κ2) is 8.67. The van der Waals surface area contributed by atoms with Gasteiger partial charge in [-0.15, -0.1) is 0 Å². The molecule has 38 heavy (non-hydrogen) atoms. The van der Waals surface area contributed by atoms with Gasteiger partial charge in [0.25, 0.3) is 0 Å². The van der Waals surface area contributed by atoms with Crippen LogP contribution in [0.1, 0.15) is 42.1 Å². The van der Waals surface area contributed by atoms with Crippen molar-refractivity contribution >= 4 is 34.2 Å². The van der Waals surface area contributed by atoms with Crippen molar-refractivity contribution in [2.75, 3.05) is 18.6 Å². The van der Waals surface area contributed by atoms with Gasteiger partial charge in [0.2, 0.25) is 11.8 Å². The number of nitriles is 1. The van der Waals surface area contributed by atoms with E-state index in [1.165, 1.54) is 12.0 Å². The zero-order valence-electron chi connectivity index (χ0n) is 21.1. The SMILES string of the molecule is COC(=O)c1cccc(OCC[C@@]23CC[C@@](C)(O2)[C@H]2C(=O)N(c4ccc(C#N)c5ccccc45)C(=O)[C@H]23)c1. The van der Waals surface area contributed by atoms with Gasteiger partial charge in [0, 0.05) is 17.2 Å². The molecule has 0 radical (unpaired) electrons. The summed E-state index contributed by atoms with van der Waals surface area (Å²) in [6.45, 7) is 2.18. The molecule has 4 atom stereocenters. The van der Waals surface area contributed by atoms with Gasteiger partial charge in [0.05, 0.1) is 59.6 Å². The molecule has 3 saturated heterocycles. The molecule has 0 aromatic heterocycles. The van der Waals surface area contributed by atoms with Crippen molar-refractivity contribution in [1.82, 2.24) is 0 Å². The number of hydrogen-bond donors (Lipinski definition) is 0. The van der Waals surface area contributed by atoms with Gasteiger partial charge < -0.3 is 14.2 Å². The number of anilines is 1. The maximum absolute atomic E-state index is 14.0. The lowest BCUT2D eigenvalue weighted by molar-refractivity contribution is -0.131. The Morgan fingerprint density at radius 1 is 1.05 bits per heavy atom. The first-order chi connectivity index (χ1) is 18.3. The standard InChI is InChI=1S/C30H26N2O6/c1-29-12-13-30(38-29,14-15-37-20-7-5-6-18(16-20)28(35)36-2)25-24(29)26(33)32(27(25)34)23-11-10-19(17-31)21-8-3-4-9-22(21)23/h3-11,16,24-25H,12-15H2,1-2H3/t24-,25+,29-,30-/m1/s1. The van der Waals surface area contributed by atoms with Crippen LogP contribution in [0.2, 0.25) is 0 Å². The van der Waals surface area contributed by atoms with Crippen molar-refractivity contribution in [3.05, 3.63) is 71.8 Å². The van der Waals surface area contributed by atoms with E-state index in [9.17, 15) is 19.6 Å². The monoisotopic (exact) mass is 510 g/mol. The summed E-state index contributed by atoms with van der Waals surface area (Å²) in [7, 11) is 1.32. The molecule has 3 aliphatic heterocycles. The van der Waals surface area contributed by atoms with E-state index in [-0.39, 0.29) is 18.4 Å². The predicted molar refractivity (Wildman–Crippen MR) is 137 cm³/mol. The Morgan fingerprint density at radius 2 is 1.82 bits per heavy atom. The third kappa shape index (κ3) is 3.42. The summed E-state index contributed by atoms with van der Waals surface area (Å²) < 4.78 is 17.3. The number of carbonyl (C=O) groups excluding carboxylic acids is 3. The van der Waals surface area contributed by atoms with Gasteiger partial charge in [0.1, 0.15) is 5.75 Å². The van der Waals surface area contributed by atoms with Crippen LogP contribution >= 0.6 is 0 Å². The van der Waals surface area contributed by atoms with Gasteiger partial charge in [-0.3, -0.25) is 9.59 Å². The molecular formula is C30H26N2O6. The summed E-state index contributed by atoms with van der Waals surface area (Å²) in [5, 5.41) is 10.9. The van der Waals surface area contributed by atoms with E-state index < -0.39 is 29.0 Å². The molecule has 0 aliphatic carbocycles. The largest absolute Gasteiger partial charge is 0.493 e. The molecule has 8 nitrogen and oxygen atoms in total. The fraction of sp³-hybridized carbons (Fsp3) is 0.333. The zero-order valence-corrected chi connectivity index (χ0v) is 21.1. The molecule has 2 amide bonds. The van der Waals surface area contributed by atoms with Crippen LogP contribution in [0.5, 0.6) is 5.75 Å². The van der Waals surface area contributed by atoms with Crippen LogP contribution in [-0.2, 0) is 19.1 Å². The molecule has 2 bridgehead atoms. The lowest BCUT2D eigenvalue weighted by Gasteiger charge is -2.31. The van der Waals surface area contributed by atoms with Crippen LogP contribution in [0.4, 0.5) is 5.69 Å². The second-order valence-corrected chi connectivity index (χ2v) is 10.4. The number of hydrogen-bond acceptors (Lipinski definition) is 7. The molecule has 3 aromatic rings. The Balaban J connectivity index is 1.29. The average Bonchev–Trinajstić information content (AvgIpc) is 3.52. The number of carbonyl (C=O) groups is 3. The number of rotatable bonds is 6. The first kappa shape index (κ1) is 24.1. The minimum absolute atomic E-state index is 0.255. The van der Waals surface area contributed by atoms with Gasteiger partial charge in [-0.2, -0.15) is 5.26 Å². The fourth-order valence-electron chi connectivity index (χ4n) is 6.60. The number of benzene rings is 3. The molecule has 0 saturated carbocycles. The lowest BCUT2D eigenvalue weighted by Crippen LogP contribution is -2.43. The van der Waals surface area contributed by atoms with Crippen LogP contribution < -0.4 is 9.64 Å². The molecule has 8 heteroatoms. The van der Waals surface area contributed by atoms with Gasteiger partial charge >= 0.3 is 5.97 Å². The van der Waals surface area contributed by atoms with Crippen molar-refractivity contribution in [3.63, 3.8) is 0 Å². The molecule has 3 aromatic carbocycles. The summed E-state index contributed by atoms with van der Waals surface area (Å²) in [6, 6.07) is 19.6. The number of methoxy groups -OCH3 is 1. The van der Waals surface area contributed by atoms with Crippen molar-refractivity contribution in [3.8, 4) is 11.8 Å². The van der Waals surface area contributed by atoms with Gasteiger partial charge in [-0.05, 0) is 50.1 Å². The number of fused-ring (bicyclic) bond motifs is 6.